The van der Waals surface area contributed by atoms with E-state index in [9.17, 15) is 9.59 Å². The molecule has 7 heteroatoms. The van der Waals surface area contributed by atoms with Crippen molar-refractivity contribution in [2.24, 2.45) is 0 Å². The Kier molecular flexibility index (Phi) is 6.35. The fourth-order valence-corrected chi connectivity index (χ4v) is 2.97. The summed E-state index contributed by atoms with van der Waals surface area (Å²) in [5, 5.41) is 6.79. The Hall–Kier alpha value is -2.70. The lowest BCUT2D eigenvalue weighted by Gasteiger charge is -2.19. The maximum absolute atomic E-state index is 12.0. The van der Waals surface area contributed by atoms with Gasteiger partial charge in [0.05, 0.1) is 0 Å². The molecule has 2 amide bonds. The number of carbonyl (C=O) groups excluding carboxylic acids is 2. The minimum absolute atomic E-state index is 0.0613. The molecule has 0 aliphatic carbocycles. The monoisotopic (exact) mass is 356 g/mol. The molecule has 1 aliphatic heterocycles. The first-order valence-corrected chi connectivity index (χ1v) is 9.15. The number of carbonyl (C=O) groups is 2. The van der Waals surface area contributed by atoms with E-state index in [2.05, 4.69) is 15.5 Å². The Labute approximate surface area is 152 Å². The van der Waals surface area contributed by atoms with Gasteiger partial charge in [-0.1, -0.05) is 29.8 Å². The van der Waals surface area contributed by atoms with Gasteiger partial charge in [-0.3, -0.25) is 9.59 Å². The molecule has 1 aromatic heterocycles. The van der Waals surface area contributed by atoms with Crippen LogP contribution >= 0.6 is 0 Å². The van der Waals surface area contributed by atoms with Crippen LogP contribution in [0.2, 0.25) is 0 Å². The van der Waals surface area contributed by atoms with E-state index in [0.29, 0.717) is 44.1 Å². The molecule has 0 radical (unpaired) electrons. The summed E-state index contributed by atoms with van der Waals surface area (Å²) in [5.74, 6) is 1.14. The van der Waals surface area contributed by atoms with Crippen molar-refractivity contribution in [2.45, 2.75) is 38.5 Å². The third-order valence-corrected chi connectivity index (χ3v) is 4.44. The van der Waals surface area contributed by atoms with Crippen LogP contribution in [0.4, 0.5) is 0 Å². The molecule has 0 atom stereocenters. The molecule has 0 spiro atoms. The van der Waals surface area contributed by atoms with Crippen molar-refractivity contribution in [3.8, 4) is 11.5 Å². The fourth-order valence-electron chi connectivity index (χ4n) is 2.97. The summed E-state index contributed by atoms with van der Waals surface area (Å²) < 4.78 is 5.24. The quantitative estimate of drug-likeness (QED) is 0.821. The molecule has 0 saturated carbocycles. The molecule has 2 aromatic rings. The van der Waals surface area contributed by atoms with Crippen LogP contribution in [0.25, 0.3) is 11.5 Å². The van der Waals surface area contributed by atoms with Crippen molar-refractivity contribution in [1.29, 1.82) is 0 Å². The molecule has 1 aliphatic rings. The normalized spacial score (nSPS) is 14.9. The number of rotatable bonds is 7. The van der Waals surface area contributed by atoms with Gasteiger partial charge in [0.15, 0.2) is 5.82 Å². The van der Waals surface area contributed by atoms with Gasteiger partial charge in [0.25, 0.3) is 5.89 Å². The molecule has 1 aromatic carbocycles. The van der Waals surface area contributed by atoms with Crippen molar-refractivity contribution in [3.05, 3.63) is 36.2 Å². The van der Waals surface area contributed by atoms with Crippen LogP contribution in [-0.4, -0.2) is 46.5 Å². The fraction of sp³-hybridized carbons (Fsp3) is 0.474. The second kappa shape index (κ2) is 9.12. The lowest BCUT2D eigenvalue weighted by molar-refractivity contribution is -0.131. The Morgan fingerprint density at radius 1 is 1.19 bits per heavy atom. The smallest absolute Gasteiger partial charge is 0.257 e. The average molecular weight is 356 g/mol. The van der Waals surface area contributed by atoms with Crippen LogP contribution in [0, 0.1) is 0 Å². The first-order valence-electron chi connectivity index (χ1n) is 9.15. The molecular formula is C19H24N4O3. The number of hydrogen-bond acceptors (Lipinski definition) is 5. The molecule has 3 rings (SSSR count). The van der Waals surface area contributed by atoms with Crippen LogP contribution in [0.15, 0.2) is 34.9 Å². The van der Waals surface area contributed by atoms with Crippen LogP contribution in [0.5, 0.6) is 0 Å². The highest BCUT2D eigenvalue weighted by molar-refractivity contribution is 5.79. The highest BCUT2D eigenvalue weighted by atomic mass is 16.5. The number of nitrogens with one attached hydrogen (secondary N) is 1. The van der Waals surface area contributed by atoms with E-state index in [0.717, 1.165) is 31.4 Å². The van der Waals surface area contributed by atoms with Crippen molar-refractivity contribution in [1.82, 2.24) is 20.4 Å². The number of hydrogen-bond donors (Lipinski definition) is 1. The van der Waals surface area contributed by atoms with Crippen LogP contribution in [-0.2, 0) is 16.0 Å². The van der Waals surface area contributed by atoms with Crippen molar-refractivity contribution < 1.29 is 14.1 Å². The predicted molar refractivity (Wildman–Crippen MR) is 96.1 cm³/mol. The molecule has 138 valence electrons. The van der Waals surface area contributed by atoms with Crippen molar-refractivity contribution in [3.63, 3.8) is 0 Å². The lowest BCUT2D eigenvalue weighted by Crippen LogP contribution is -2.35. The van der Waals surface area contributed by atoms with Crippen LogP contribution in [0.3, 0.4) is 0 Å². The van der Waals surface area contributed by atoms with E-state index in [4.69, 9.17) is 4.52 Å². The van der Waals surface area contributed by atoms with E-state index in [1.54, 1.807) is 4.90 Å². The molecule has 0 bridgehead atoms. The maximum Gasteiger partial charge on any atom is 0.257 e. The SMILES string of the molecule is O=C(CCN1CCCCCC1=O)NCCc1noc(-c2ccccc2)n1. The van der Waals surface area contributed by atoms with Gasteiger partial charge in [-0.25, -0.2) is 0 Å². The largest absolute Gasteiger partial charge is 0.356 e. The van der Waals surface area contributed by atoms with Crippen molar-refractivity contribution in [2.75, 3.05) is 19.6 Å². The first-order chi connectivity index (χ1) is 12.7. The maximum atomic E-state index is 12.0. The summed E-state index contributed by atoms with van der Waals surface area (Å²) in [6.07, 6.45) is 4.50. The Bertz CT molecular complexity index is 729. The summed E-state index contributed by atoms with van der Waals surface area (Å²) in [6.45, 7) is 1.70. The van der Waals surface area contributed by atoms with E-state index < -0.39 is 0 Å². The molecule has 0 unspecified atom stereocenters. The summed E-state index contributed by atoms with van der Waals surface area (Å²) in [5.41, 5.74) is 0.873. The van der Waals surface area contributed by atoms with Gasteiger partial charge in [-0.2, -0.15) is 4.98 Å². The summed E-state index contributed by atoms with van der Waals surface area (Å²) >= 11 is 0. The molecule has 7 nitrogen and oxygen atoms in total. The molecule has 1 saturated heterocycles. The van der Waals surface area contributed by atoms with Gasteiger partial charge in [-0.05, 0) is 25.0 Å². The van der Waals surface area contributed by atoms with Crippen LogP contribution in [0.1, 0.15) is 37.9 Å². The third kappa shape index (κ3) is 5.15. The second-order valence-electron chi connectivity index (χ2n) is 6.42. The molecule has 1 fully saturated rings. The van der Waals surface area contributed by atoms with Gasteiger partial charge in [0, 0.05) is 44.5 Å². The van der Waals surface area contributed by atoms with Gasteiger partial charge >= 0.3 is 0 Å². The topological polar surface area (TPSA) is 88.3 Å². The molecule has 1 N–H and O–H groups in total. The highest BCUT2D eigenvalue weighted by Gasteiger charge is 2.17. The Morgan fingerprint density at radius 3 is 2.88 bits per heavy atom. The zero-order chi connectivity index (χ0) is 18.2. The lowest BCUT2D eigenvalue weighted by atomic mass is 10.2. The Morgan fingerprint density at radius 2 is 2.04 bits per heavy atom. The van der Waals surface area contributed by atoms with Crippen molar-refractivity contribution >= 4 is 11.8 Å². The van der Waals surface area contributed by atoms with Gasteiger partial charge in [0.1, 0.15) is 0 Å². The molecule has 2 heterocycles. The summed E-state index contributed by atoms with van der Waals surface area (Å²) in [6, 6.07) is 9.56. The number of likely N-dealkylation sites (tertiary alicyclic amines) is 1. The zero-order valence-corrected chi connectivity index (χ0v) is 14.8. The van der Waals surface area contributed by atoms with Gasteiger partial charge in [0.2, 0.25) is 11.8 Å². The van der Waals surface area contributed by atoms with E-state index in [1.807, 2.05) is 30.3 Å². The number of nitrogens with zero attached hydrogens (tertiary/aromatic N) is 3. The zero-order valence-electron chi connectivity index (χ0n) is 14.8. The second-order valence-corrected chi connectivity index (χ2v) is 6.42. The number of amides is 2. The molecule has 26 heavy (non-hydrogen) atoms. The Balaban J connectivity index is 1.38. The average Bonchev–Trinajstić information content (AvgIpc) is 3.03. The minimum atomic E-state index is -0.0613. The highest BCUT2D eigenvalue weighted by Crippen LogP contribution is 2.16. The number of benzene rings is 1. The first kappa shape index (κ1) is 18.1. The van der Waals surface area contributed by atoms with E-state index >= 15 is 0 Å². The van der Waals surface area contributed by atoms with Gasteiger partial charge < -0.3 is 14.7 Å². The third-order valence-electron chi connectivity index (χ3n) is 4.44. The predicted octanol–water partition coefficient (Wildman–Crippen LogP) is 2.19. The summed E-state index contributed by atoms with van der Waals surface area (Å²) in [4.78, 5) is 30.0. The van der Waals surface area contributed by atoms with E-state index in [1.165, 1.54) is 0 Å². The standard InChI is InChI=1S/C19H24N4O3/c24-17(11-14-23-13-6-2-5-9-18(23)25)20-12-10-16-21-19(26-22-16)15-7-3-1-4-8-15/h1,3-4,7-8H,2,5-6,9-14H2,(H,20,24). The summed E-state index contributed by atoms with van der Waals surface area (Å²) in [7, 11) is 0. The minimum Gasteiger partial charge on any atom is -0.356 e. The van der Waals surface area contributed by atoms with Gasteiger partial charge in [-0.15, -0.1) is 0 Å². The van der Waals surface area contributed by atoms with Crippen LogP contribution < -0.4 is 5.32 Å². The van der Waals surface area contributed by atoms with E-state index in [-0.39, 0.29) is 11.8 Å². The number of aromatic nitrogens is 2. The molecular weight excluding hydrogens is 332 g/mol.